The van der Waals surface area contributed by atoms with Crippen LogP contribution in [0.15, 0.2) is 77.3 Å². The van der Waals surface area contributed by atoms with Crippen LogP contribution < -0.4 is 5.32 Å². The van der Waals surface area contributed by atoms with Gasteiger partial charge >= 0.3 is 5.97 Å². The number of amides is 2. The van der Waals surface area contributed by atoms with E-state index in [-0.39, 0.29) is 24.3 Å². The molecule has 1 aromatic rings. The minimum atomic E-state index is -1.83. The Morgan fingerprint density at radius 1 is 1.16 bits per heavy atom. The van der Waals surface area contributed by atoms with Gasteiger partial charge in [0.25, 0.3) is 0 Å². The number of rotatable bonds is 14. The number of aliphatic hydroxyl groups is 2. The van der Waals surface area contributed by atoms with Crippen LogP contribution >= 0.6 is 0 Å². The number of oxazole rings is 1. The lowest BCUT2D eigenvalue weighted by atomic mass is 9.65. The van der Waals surface area contributed by atoms with Crippen LogP contribution in [0.5, 0.6) is 0 Å². The van der Waals surface area contributed by atoms with Crippen LogP contribution in [0.4, 0.5) is 0 Å². The van der Waals surface area contributed by atoms with Crippen LogP contribution in [0.2, 0.25) is 0 Å². The van der Waals surface area contributed by atoms with Gasteiger partial charge < -0.3 is 39.1 Å². The Hall–Kier alpha value is -3.84. The number of aromatic nitrogens is 1. The van der Waals surface area contributed by atoms with E-state index in [1.807, 2.05) is 31.2 Å². The number of nitrogens with one attached hydrogen (secondary N) is 1. The van der Waals surface area contributed by atoms with E-state index in [0.717, 1.165) is 5.76 Å². The molecule has 1 unspecified atom stereocenters. The third-order valence-electron chi connectivity index (χ3n) is 9.96. The zero-order valence-electron chi connectivity index (χ0n) is 30.1. The van der Waals surface area contributed by atoms with Crippen LogP contribution in [0.3, 0.4) is 0 Å². The first-order valence-electron chi connectivity index (χ1n) is 16.6. The highest BCUT2D eigenvalue weighted by atomic mass is 16.6. The Balaban J connectivity index is 1.65. The standard InChI is InChI=1S/C37H53N3O9/c1-24(17-13-10-11-14-18-28-22-38-23-48-28)31(42)35(5,6)33(44)39-20-16-12-15-19-29-25(2)21-30(46-8)37(49-29)26(3)32(43)40(7)36(37,27(4)41)34(45)47-9/h10-17,19,22-23,25-27,29-31,41-42H,18,20-21H2,1-9H3,(H,39,44)/b13-10-,14-11+,16-12+,19-15+,24-17-/t25-,26+,27?,29+,30+,31-,36-,37+/m1/s1. The van der Waals surface area contributed by atoms with Crippen molar-refractivity contribution in [3.05, 3.63) is 78.6 Å². The highest BCUT2D eigenvalue weighted by Gasteiger charge is 2.77. The van der Waals surface area contributed by atoms with E-state index in [1.165, 1.54) is 39.5 Å². The molecule has 49 heavy (non-hydrogen) atoms. The van der Waals surface area contributed by atoms with Crippen molar-refractivity contribution in [3.63, 3.8) is 0 Å². The second kappa shape index (κ2) is 16.7. The molecule has 2 fully saturated rings. The van der Waals surface area contributed by atoms with Crippen molar-refractivity contribution in [3.8, 4) is 0 Å². The number of methoxy groups -OCH3 is 2. The van der Waals surface area contributed by atoms with Gasteiger partial charge in [-0.2, -0.15) is 0 Å². The Kier molecular flexibility index (Phi) is 13.5. The van der Waals surface area contributed by atoms with Crippen LogP contribution in [-0.4, -0.2) is 101 Å². The van der Waals surface area contributed by atoms with Crippen molar-refractivity contribution >= 4 is 17.8 Å². The summed E-state index contributed by atoms with van der Waals surface area (Å²) < 4.78 is 22.9. The van der Waals surface area contributed by atoms with E-state index in [0.29, 0.717) is 18.4 Å². The molecule has 270 valence electrons. The minimum Gasteiger partial charge on any atom is -0.467 e. The van der Waals surface area contributed by atoms with Crippen molar-refractivity contribution in [2.24, 2.45) is 17.3 Å². The monoisotopic (exact) mass is 683 g/mol. The molecule has 2 saturated heterocycles. The van der Waals surface area contributed by atoms with Gasteiger partial charge in [0, 0.05) is 27.1 Å². The van der Waals surface area contributed by atoms with Crippen molar-refractivity contribution in [1.29, 1.82) is 0 Å². The molecule has 0 aromatic carbocycles. The number of hydrogen-bond donors (Lipinski definition) is 3. The Morgan fingerprint density at radius 3 is 2.47 bits per heavy atom. The van der Waals surface area contributed by atoms with Gasteiger partial charge in [0.1, 0.15) is 11.4 Å². The number of hydrogen-bond acceptors (Lipinski definition) is 10. The maximum absolute atomic E-state index is 13.5. The molecular weight excluding hydrogens is 630 g/mol. The number of aliphatic hydroxyl groups excluding tert-OH is 2. The summed E-state index contributed by atoms with van der Waals surface area (Å²) in [5.74, 6) is -1.55. The smallest absolute Gasteiger partial charge is 0.337 e. The van der Waals surface area contributed by atoms with Gasteiger partial charge in [0.15, 0.2) is 11.9 Å². The quantitative estimate of drug-likeness (QED) is 0.196. The van der Waals surface area contributed by atoms with E-state index in [2.05, 4.69) is 10.3 Å². The fraction of sp³-hybridized carbons (Fsp3) is 0.568. The summed E-state index contributed by atoms with van der Waals surface area (Å²) in [4.78, 5) is 45.0. The maximum Gasteiger partial charge on any atom is 0.337 e. The van der Waals surface area contributed by atoms with E-state index in [1.54, 1.807) is 64.3 Å². The SMILES string of the molecule is COC(=O)[C@@]1(C(C)O)N(C)C(=O)[C@H](C)[C@@]12O[C@@H](/C=C/C=C/CNC(=O)C(C)(C)[C@H](O)\C(C)=C/C=C\C=C\Cc1cnco1)[C@H](C)C[C@@H]2OC. The predicted molar refractivity (Wildman–Crippen MR) is 184 cm³/mol. The molecule has 1 spiro atoms. The van der Waals surface area contributed by atoms with Gasteiger partial charge in [-0.1, -0.05) is 68.5 Å². The number of ether oxygens (including phenoxy) is 3. The summed E-state index contributed by atoms with van der Waals surface area (Å²) in [6, 6.07) is 0. The lowest BCUT2D eigenvalue weighted by Gasteiger charge is -2.55. The van der Waals surface area contributed by atoms with E-state index >= 15 is 0 Å². The van der Waals surface area contributed by atoms with Gasteiger partial charge in [-0.3, -0.25) is 9.59 Å². The van der Waals surface area contributed by atoms with Crippen LogP contribution in [0.25, 0.3) is 0 Å². The summed E-state index contributed by atoms with van der Waals surface area (Å²) in [6.07, 6.45) is 16.9. The largest absolute Gasteiger partial charge is 0.467 e. The first-order chi connectivity index (χ1) is 23.1. The van der Waals surface area contributed by atoms with E-state index in [4.69, 9.17) is 18.6 Å². The lowest BCUT2D eigenvalue weighted by Crippen LogP contribution is -2.76. The molecule has 3 N–H and O–H groups in total. The summed E-state index contributed by atoms with van der Waals surface area (Å²) in [7, 11) is 4.20. The molecule has 2 amide bonds. The molecular formula is C37H53N3O9. The third kappa shape index (κ3) is 7.67. The molecule has 0 saturated carbocycles. The van der Waals surface area contributed by atoms with Crippen molar-refractivity contribution in [1.82, 2.24) is 15.2 Å². The van der Waals surface area contributed by atoms with E-state index in [9.17, 15) is 24.6 Å². The minimum absolute atomic E-state index is 0.0544. The van der Waals surface area contributed by atoms with Gasteiger partial charge in [0.05, 0.1) is 49.1 Å². The first kappa shape index (κ1) is 39.6. The summed E-state index contributed by atoms with van der Waals surface area (Å²) in [5, 5.41) is 24.9. The molecule has 0 radical (unpaired) electrons. The Morgan fingerprint density at radius 2 is 1.86 bits per heavy atom. The maximum atomic E-state index is 13.5. The van der Waals surface area contributed by atoms with E-state index < -0.39 is 52.9 Å². The first-order valence-corrected chi connectivity index (χ1v) is 16.6. The number of carbonyl (C=O) groups excluding carboxylic acids is 3. The molecule has 1 aromatic heterocycles. The fourth-order valence-corrected chi connectivity index (χ4v) is 7.11. The molecule has 3 heterocycles. The van der Waals surface area contributed by atoms with Gasteiger partial charge in [-0.25, -0.2) is 9.78 Å². The van der Waals surface area contributed by atoms with Crippen LogP contribution in [0, 0.1) is 17.3 Å². The molecule has 2 aliphatic rings. The fourth-order valence-electron chi connectivity index (χ4n) is 7.11. The molecule has 0 bridgehead atoms. The highest BCUT2D eigenvalue weighted by molar-refractivity contribution is 5.96. The molecule has 2 aliphatic heterocycles. The normalized spacial score (nSPS) is 29.6. The molecule has 12 nitrogen and oxygen atoms in total. The zero-order valence-corrected chi connectivity index (χ0v) is 30.1. The van der Waals surface area contributed by atoms with Crippen LogP contribution in [-0.2, 0) is 35.0 Å². The van der Waals surface area contributed by atoms with Gasteiger partial charge in [-0.05, 0) is 45.6 Å². The highest BCUT2D eigenvalue weighted by Crippen LogP contribution is 2.55. The number of nitrogens with zero attached hydrogens (tertiary/aromatic N) is 2. The Labute approximate surface area is 289 Å². The predicted octanol–water partition coefficient (Wildman–Crippen LogP) is 3.47. The van der Waals surface area contributed by atoms with Crippen molar-refractivity contribution < 1.29 is 43.2 Å². The number of likely N-dealkylation sites (tertiary alicyclic amines) is 1. The summed E-state index contributed by atoms with van der Waals surface area (Å²) in [5.41, 5.74) is -3.80. The van der Waals surface area contributed by atoms with Crippen LogP contribution in [0.1, 0.15) is 53.7 Å². The second-order valence-corrected chi connectivity index (χ2v) is 13.4. The van der Waals surface area contributed by atoms with Gasteiger partial charge in [0.2, 0.25) is 11.8 Å². The number of carbonyl (C=O) groups is 3. The number of esters is 1. The van der Waals surface area contributed by atoms with Crippen molar-refractivity contribution in [2.75, 3.05) is 27.8 Å². The lowest BCUT2D eigenvalue weighted by molar-refractivity contribution is -0.264. The molecule has 0 aliphatic carbocycles. The zero-order chi connectivity index (χ0) is 36.6. The average Bonchev–Trinajstić information content (AvgIpc) is 3.65. The van der Waals surface area contributed by atoms with Crippen molar-refractivity contribution in [2.45, 2.75) is 89.9 Å². The number of likely N-dealkylation sites (N-methyl/N-ethyl adjacent to an activating group) is 1. The summed E-state index contributed by atoms with van der Waals surface area (Å²) in [6.45, 7) is 10.5. The Bertz CT molecular complexity index is 1440. The van der Waals surface area contributed by atoms with Gasteiger partial charge in [-0.15, -0.1) is 0 Å². The third-order valence-corrected chi connectivity index (χ3v) is 9.96. The second-order valence-electron chi connectivity index (χ2n) is 13.4. The molecule has 8 atom stereocenters. The topological polar surface area (TPSA) is 161 Å². The molecule has 12 heteroatoms. The number of allylic oxidation sites excluding steroid dienone is 7. The summed E-state index contributed by atoms with van der Waals surface area (Å²) >= 11 is 0. The average molecular weight is 684 g/mol. The molecule has 3 rings (SSSR count).